The van der Waals surface area contributed by atoms with Crippen molar-refractivity contribution in [3.05, 3.63) is 71.9 Å². The molecule has 2 aromatic carbocycles. The van der Waals surface area contributed by atoms with Gasteiger partial charge in [-0.2, -0.15) is 0 Å². The number of nitrogens with two attached hydrogens (primary N) is 1. The number of amides is 3. The molecule has 1 aromatic heterocycles. The number of carbonyl (C=O) groups excluding carboxylic acids is 3. The Morgan fingerprint density at radius 2 is 1.40 bits per heavy atom. The lowest BCUT2D eigenvalue weighted by atomic mass is 10.0. The molecule has 0 radical (unpaired) electrons. The van der Waals surface area contributed by atoms with Crippen LogP contribution in [0.3, 0.4) is 0 Å². The van der Waals surface area contributed by atoms with Gasteiger partial charge in [-0.25, -0.2) is 4.79 Å². The third-order valence-electron chi connectivity index (χ3n) is 6.48. The molecule has 0 bridgehead atoms. The third-order valence-corrected chi connectivity index (χ3v) is 6.48. The van der Waals surface area contributed by atoms with Gasteiger partial charge in [0.05, 0.1) is 18.2 Å². The lowest BCUT2D eigenvalue weighted by Gasteiger charge is -2.27. The molecule has 3 rings (SSSR count). The van der Waals surface area contributed by atoms with Gasteiger partial charge in [0.2, 0.25) is 17.7 Å². The smallest absolute Gasteiger partial charge is 0.328 e. The number of aliphatic carboxylic acids is 1. The van der Waals surface area contributed by atoms with Crippen molar-refractivity contribution in [1.82, 2.24) is 20.9 Å². The van der Waals surface area contributed by atoms with Gasteiger partial charge in [0.25, 0.3) is 0 Å². The molecule has 3 aromatic rings. The van der Waals surface area contributed by atoms with E-state index < -0.39 is 60.1 Å². The van der Waals surface area contributed by atoms with E-state index >= 15 is 0 Å². The Kier molecular flexibility index (Phi) is 10.4. The van der Waals surface area contributed by atoms with Crippen LogP contribution in [-0.4, -0.2) is 80.4 Å². The summed E-state index contributed by atoms with van der Waals surface area (Å²) in [7, 11) is 0. The number of aromatic amines is 1. The van der Waals surface area contributed by atoms with Crippen molar-refractivity contribution in [3.63, 3.8) is 0 Å². The van der Waals surface area contributed by atoms with Crippen molar-refractivity contribution in [1.29, 1.82) is 0 Å². The second-order valence-electron chi connectivity index (χ2n) is 9.71. The maximum atomic E-state index is 13.3. The van der Waals surface area contributed by atoms with Crippen LogP contribution in [0.4, 0.5) is 0 Å². The summed E-state index contributed by atoms with van der Waals surface area (Å²) >= 11 is 0. The summed E-state index contributed by atoms with van der Waals surface area (Å²) in [4.78, 5) is 53.9. The van der Waals surface area contributed by atoms with Crippen molar-refractivity contribution >= 4 is 34.6 Å². The van der Waals surface area contributed by atoms with E-state index in [1.54, 1.807) is 36.5 Å². The Morgan fingerprint density at radius 3 is 2.02 bits per heavy atom. The molecule has 9 N–H and O–H groups in total. The largest absolute Gasteiger partial charge is 0.480 e. The highest BCUT2D eigenvalue weighted by molar-refractivity contribution is 5.95. The maximum Gasteiger partial charge on any atom is 0.328 e. The molecule has 0 spiro atoms. The molecule has 0 aliphatic rings. The summed E-state index contributed by atoms with van der Waals surface area (Å²) in [6.45, 7) is 2.51. The van der Waals surface area contributed by atoms with E-state index in [-0.39, 0.29) is 12.8 Å². The quantitative estimate of drug-likeness (QED) is 0.139. The Bertz CT molecular complexity index is 1320. The van der Waals surface area contributed by atoms with Crippen LogP contribution in [0.15, 0.2) is 60.8 Å². The molecule has 12 heteroatoms. The molecular weight excluding hydrogens is 518 g/mol. The van der Waals surface area contributed by atoms with Gasteiger partial charge in [0, 0.05) is 23.5 Å². The molecule has 0 aliphatic heterocycles. The monoisotopic (exact) mass is 553 g/mol. The molecule has 0 saturated carbocycles. The number of nitrogens with one attached hydrogen (secondary N) is 4. The van der Waals surface area contributed by atoms with Crippen LogP contribution in [0, 0.1) is 0 Å². The number of aromatic nitrogens is 1. The molecule has 1 heterocycles. The van der Waals surface area contributed by atoms with Crippen LogP contribution in [0.25, 0.3) is 10.9 Å². The average Bonchev–Trinajstić information content (AvgIpc) is 3.32. The van der Waals surface area contributed by atoms with Gasteiger partial charge in [0.1, 0.15) is 12.1 Å². The van der Waals surface area contributed by atoms with Gasteiger partial charge in [-0.05, 0) is 37.5 Å². The van der Waals surface area contributed by atoms with Crippen LogP contribution in [-0.2, 0) is 32.0 Å². The van der Waals surface area contributed by atoms with Crippen LogP contribution >= 0.6 is 0 Å². The number of hydrogen-bond acceptors (Lipinski definition) is 7. The van der Waals surface area contributed by atoms with Crippen molar-refractivity contribution in [2.24, 2.45) is 5.73 Å². The molecule has 6 atom stereocenters. The highest BCUT2D eigenvalue weighted by atomic mass is 16.4. The number of carbonyl (C=O) groups is 4. The van der Waals surface area contributed by atoms with E-state index in [0.717, 1.165) is 16.5 Å². The number of carboxylic acids is 1. The van der Waals surface area contributed by atoms with Gasteiger partial charge >= 0.3 is 5.97 Å². The first-order valence-corrected chi connectivity index (χ1v) is 12.8. The highest BCUT2D eigenvalue weighted by Gasteiger charge is 2.34. The summed E-state index contributed by atoms with van der Waals surface area (Å²) in [6.07, 6.45) is -0.962. The fraction of sp³-hybridized carbons (Fsp3) is 0.357. The average molecular weight is 554 g/mol. The molecular formula is C28H35N5O7. The maximum absolute atomic E-state index is 13.3. The summed E-state index contributed by atoms with van der Waals surface area (Å²) in [5, 5.41) is 37.6. The zero-order chi connectivity index (χ0) is 29.4. The lowest BCUT2D eigenvalue weighted by Crippen LogP contribution is -2.61. The number of carboxylic acid groups (broad SMARTS) is 1. The third kappa shape index (κ3) is 7.88. The van der Waals surface area contributed by atoms with Crippen molar-refractivity contribution < 1.29 is 34.5 Å². The first kappa shape index (κ1) is 30.3. The fourth-order valence-electron chi connectivity index (χ4n) is 4.26. The summed E-state index contributed by atoms with van der Waals surface area (Å²) < 4.78 is 0. The molecule has 6 unspecified atom stereocenters. The molecule has 0 saturated heterocycles. The molecule has 12 nitrogen and oxygen atoms in total. The summed E-state index contributed by atoms with van der Waals surface area (Å²) in [6, 6.07) is 10.9. The second kappa shape index (κ2) is 13.7. The minimum Gasteiger partial charge on any atom is -0.480 e. The van der Waals surface area contributed by atoms with Crippen LogP contribution < -0.4 is 21.7 Å². The van der Waals surface area contributed by atoms with E-state index in [2.05, 4.69) is 20.9 Å². The van der Waals surface area contributed by atoms with Gasteiger partial charge in [-0.3, -0.25) is 14.4 Å². The normalized spacial score (nSPS) is 15.7. The Balaban J connectivity index is 1.80. The first-order chi connectivity index (χ1) is 19.0. The Hall–Kier alpha value is -4.26. The Labute approximate surface area is 231 Å². The minimum atomic E-state index is -1.63. The van der Waals surface area contributed by atoms with Crippen LogP contribution in [0.2, 0.25) is 0 Å². The van der Waals surface area contributed by atoms with E-state index in [0.29, 0.717) is 5.56 Å². The highest BCUT2D eigenvalue weighted by Crippen LogP contribution is 2.19. The van der Waals surface area contributed by atoms with E-state index in [9.17, 15) is 34.5 Å². The topological polar surface area (TPSA) is 207 Å². The van der Waals surface area contributed by atoms with Crippen molar-refractivity contribution in [3.8, 4) is 0 Å². The summed E-state index contributed by atoms with van der Waals surface area (Å²) in [5.41, 5.74) is 8.28. The van der Waals surface area contributed by atoms with Crippen molar-refractivity contribution in [2.45, 2.75) is 63.1 Å². The molecule has 40 heavy (non-hydrogen) atoms. The Morgan fingerprint density at radius 1 is 0.800 bits per heavy atom. The van der Waals surface area contributed by atoms with Gasteiger partial charge in [-0.1, -0.05) is 48.5 Å². The van der Waals surface area contributed by atoms with E-state index in [4.69, 9.17) is 5.73 Å². The predicted molar refractivity (Wildman–Crippen MR) is 147 cm³/mol. The standard InChI is InChI=1S/C28H35N5O7/c1-15(34)23(32-25(36)20(29)12-17-8-4-3-5-9-17)27(38)31-22(26(37)33-24(16(2)35)28(39)40)13-18-14-30-21-11-7-6-10-19(18)21/h3-11,14-16,20,22-24,30,34-35H,12-13,29H2,1-2H3,(H,31,38)(H,32,36)(H,33,37)(H,39,40). The van der Waals surface area contributed by atoms with Gasteiger partial charge < -0.3 is 42.0 Å². The second-order valence-corrected chi connectivity index (χ2v) is 9.71. The fourth-order valence-corrected chi connectivity index (χ4v) is 4.26. The molecule has 0 aliphatic carbocycles. The number of hydrogen-bond donors (Lipinski definition) is 8. The van der Waals surface area contributed by atoms with Crippen LogP contribution in [0.5, 0.6) is 0 Å². The van der Waals surface area contributed by atoms with E-state index in [1.165, 1.54) is 13.8 Å². The van der Waals surface area contributed by atoms with Gasteiger partial charge in [-0.15, -0.1) is 0 Å². The number of benzene rings is 2. The minimum absolute atomic E-state index is 0.0538. The predicted octanol–water partition coefficient (Wildman–Crippen LogP) is -0.419. The number of rotatable bonds is 13. The zero-order valence-electron chi connectivity index (χ0n) is 22.2. The molecule has 3 amide bonds. The number of fused-ring (bicyclic) bond motifs is 1. The van der Waals surface area contributed by atoms with Crippen molar-refractivity contribution in [2.75, 3.05) is 0 Å². The lowest BCUT2D eigenvalue weighted by molar-refractivity contribution is -0.145. The number of aliphatic hydroxyl groups excluding tert-OH is 2. The SMILES string of the molecule is CC(O)C(NC(=O)C(Cc1c[nH]c2ccccc12)NC(=O)C(NC(=O)C(N)Cc1ccccc1)C(C)O)C(=O)O. The number of aliphatic hydroxyl groups is 2. The van der Waals surface area contributed by atoms with E-state index in [1.807, 2.05) is 24.3 Å². The zero-order valence-corrected chi connectivity index (χ0v) is 22.2. The van der Waals surface area contributed by atoms with Gasteiger partial charge in [0.15, 0.2) is 6.04 Å². The number of para-hydroxylation sites is 1. The molecule has 214 valence electrons. The molecule has 0 fully saturated rings. The van der Waals surface area contributed by atoms with Crippen LogP contribution in [0.1, 0.15) is 25.0 Å². The first-order valence-electron chi connectivity index (χ1n) is 12.8. The number of H-pyrrole nitrogens is 1. The summed E-state index contributed by atoms with van der Waals surface area (Å²) in [5.74, 6) is -3.88.